The summed E-state index contributed by atoms with van der Waals surface area (Å²) in [6.45, 7) is 0. The van der Waals surface area contributed by atoms with Crippen LogP contribution in [0.25, 0.3) is 0 Å². The van der Waals surface area contributed by atoms with Gasteiger partial charge in [0.2, 0.25) is 0 Å². The molecule has 0 fully saturated rings. The van der Waals surface area contributed by atoms with Crippen LogP contribution >= 0.6 is 0 Å². The summed E-state index contributed by atoms with van der Waals surface area (Å²) >= 11 is 0. The number of benzene rings is 1. The van der Waals surface area contributed by atoms with Crippen LogP contribution in [0.15, 0.2) is 24.3 Å². The van der Waals surface area contributed by atoms with E-state index in [0.717, 1.165) is 5.56 Å². The van der Waals surface area contributed by atoms with Gasteiger partial charge in [0.1, 0.15) is 0 Å². The van der Waals surface area contributed by atoms with Gasteiger partial charge in [-0.25, -0.2) is 0 Å². The van der Waals surface area contributed by atoms with Crippen LogP contribution in [0.4, 0.5) is 0 Å². The Balaban J connectivity index is 2.59. The van der Waals surface area contributed by atoms with Crippen molar-refractivity contribution in [1.82, 2.24) is 0 Å². The zero-order valence-electron chi connectivity index (χ0n) is 7.73. The van der Waals surface area contributed by atoms with Crippen molar-refractivity contribution in [3.8, 4) is 6.07 Å². The van der Waals surface area contributed by atoms with Crippen molar-refractivity contribution in [3.05, 3.63) is 35.4 Å². The van der Waals surface area contributed by atoms with E-state index in [0.29, 0.717) is 18.4 Å². The molecule has 0 saturated carbocycles. The van der Waals surface area contributed by atoms with E-state index < -0.39 is 5.97 Å². The van der Waals surface area contributed by atoms with Crippen molar-refractivity contribution in [2.24, 2.45) is 0 Å². The number of rotatable bonds is 4. The molecule has 0 aromatic heterocycles. The first-order valence-electron chi connectivity index (χ1n) is 4.44. The fourth-order valence-corrected chi connectivity index (χ4v) is 1.28. The quantitative estimate of drug-likeness (QED) is 0.787. The fraction of sp³-hybridized carbons (Fsp3) is 0.273. The third-order valence-electron chi connectivity index (χ3n) is 1.97. The summed E-state index contributed by atoms with van der Waals surface area (Å²) in [7, 11) is 0. The van der Waals surface area contributed by atoms with Gasteiger partial charge in [-0.1, -0.05) is 18.2 Å². The Morgan fingerprint density at radius 2 is 2.14 bits per heavy atom. The van der Waals surface area contributed by atoms with E-state index in [1.54, 1.807) is 12.1 Å². The molecule has 3 nitrogen and oxygen atoms in total. The maximum atomic E-state index is 10.3. The summed E-state index contributed by atoms with van der Waals surface area (Å²) in [5, 5.41) is 17.2. The molecule has 0 saturated heterocycles. The van der Waals surface area contributed by atoms with Gasteiger partial charge in [-0.3, -0.25) is 4.79 Å². The van der Waals surface area contributed by atoms with Gasteiger partial charge in [0.05, 0.1) is 11.6 Å². The largest absolute Gasteiger partial charge is 0.481 e. The minimum atomic E-state index is -0.792. The van der Waals surface area contributed by atoms with E-state index in [1.807, 2.05) is 12.1 Å². The monoisotopic (exact) mass is 189 g/mol. The summed E-state index contributed by atoms with van der Waals surface area (Å²) in [6.07, 6.45) is 1.38. The second-order valence-corrected chi connectivity index (χ2v) is 3.02. The molecular weight excluding hydrogens is 178 g/mol. The molecule has 0 aliphatic carbocycles. The molecule has 0 heterocycles. The average molecular weight is 189 g/mol. The Morgan fingerprint density at radius 1 is 1.43 bits per heavy atom. The van der Waals surface area contributed by atoms with E-state index in [-0.39, 0.29) is 6.42 Å². The first kappa shape index (κ1) is 10.3. The molecule has 0 atom stereocenters. The molecule has 1 N–H and O–H groups in total. The van der Waals surface area contributed by atoms with Crippen molar-refractivity contribution in [1.29, 1.82) is 5.26 Å². The van der Waals surface area contributed by atoms with Crippen LogP contribution < -0.4 is 0 Å². The molecule has 0 amide bonds. The van der Waals surface area contributed by atoms with Crippen LogP contribution in [0.2, 0.25) is 0 Å². The highest BCUT2D eigenvalue weighted by molar-refractivity contribution is 5.66. The van der Waals surface area contributed by atoms with Crippen LogP contribution in [0, 0.1) is 11.3 Å². The Labute approximate surface area is 82.6 Å². The molecule has 0 unspecified atom stereocenters. The van der Waals surface area contributed by atoms with Crippen LogP contribution in [0.3, 0.4) is 0 Å². The van der Waals surface area contributed by atoms with Gasteiger partial charge in [-0.05, 0) is 24.5 Å². The molecule has 0 radical (unpaired) electrons. The Kier molecular flexibility index (Phi) is 3.69. The standard InChI is InChI=1S/C11H11NO2/c12-8-10-5-2-1-4-9(10)6-3-7-11(13)14/h1-2,4-5H,3,6-7H2,(H,13,14). The maximum absolute atomic E-state index is 10.3. The highest BCUT2D eigenvalue weighted by Crippen LogP contribution is 2.10. The van der Waals surface area contributed by atoms with Crippen LogP contribution in [-0.2, 0) is 11.2 Å². The topological polar surface area (TPSA) is 61.1 Å². The van der Waals surface area contributed by atoms with E-state index in [4.69, 9.17) is 10.4 Å². The Morgan fingerprint density at radius 3 is 2.79 bits per heavy atom. The van der Waals surface area contributed by atoms with Gasteiger partial charge in [-0.15, -0.1) is 0 Å². The van der Waals surface area contributed by atoms with Crippen LogP contribution in [-0.4, -0.2) is 11.1 Å². The molecule has 0 aliphatic rings. The van der Waals surface area contributed by atoms with Crippen molar-refractivity contribution in [3.63, 3.8) is 0 Å². The number of carbonyl (C=O) groups is 1. The first-order valence-corrected chi connectivity index (χ1v) is 4.44. The van der Waals surface area contributed by atoms with Gasteiger partial charge in [0, 0.05) is 6.42 Å². The van der Waals surface area contributed by atoms with Crippen molar-refractivity contribution >= 4 is 5.97 Å². The Bertz CT molecular complexity index is 366. The molecule has 1 aromatic carbocycles. The van der Waals surface area contributed by atoms with Crippen molar-refractivity contribution in [2.75, 3.05) is 0 Å². The molecule has 72 valence electrons. The second kappa shape index (κ2) is 5.03. The van der Waals surface area contributed by atoms with Gasteiger partial charge in [-0.2, -0.15) is 5.26 Å². The lowest BCUT2D eigenvalue weighted by Crippen LogP contribution is -1.97. The number of aliphatic carboxylic acids is 1. The molecule has 0 aliphatic heterocycles. The van der Waals surface area contributed by atoms with Crippen molar-refractivity contribution in [2.45, 2.75) is 19.3 Å². The molecule has 0 bridgehead atoms. The lowest BCUT2D eigenvalue weighted by atomic mass is 10.0. The summed E-state index contributed by atoms with van der Waals surface area (Å²) in [5.41, 5.74) is 1.56. The predicted molar refractivity (Wildman–Crippen MR) is 51.7 cm³/mol. The van der Waals surface area contributed by atoms with Crippen LogP contribution in [0.5, 0.6) is 0 Å². The summed E-state index contributed by atoms with van der Waals surface area (Å²) in [6, 6.07) is 9.36. The third-order valence-corrected chi connectivity index (χ3v) is 1.97. The molecular formula is C11H11NO2. The number of nitrogens with zero attached hydrogens (tertiary/aromatic N) is 1. The predicted octanol–water partition coefficient (Wildman–Crippen LogP) is 1.97. The summed E-state index contributed by atoms with van der Waals surface area (Å²) < 4.78 is 0. The second-order valence-electron chi connectivity index (χ2n) is 3.02. The SMILES string of the molecule is N#Cc1ccccc1CCCC(=O)O. The first-order chi connectivity index (χ1) is 6.74. The minimum Gasteiger partial charge on any atom is -0.481 e. The third kappa shape index (κ3) is 2.91. The number of carboxylic acid groups (broad SMARTS) is 1. The summed E-state index contributed by atoms with van der Waals surface area (Å²) in [4.78, 5) is 10.3. The van der Waals surface area contributed by atoms with Gasteiger partial charge >= 0.3 is 5.97 Å². The highest BCUT2D eigenvalue weighted by atomic mass is 16.4. The van der Waals surface area contributed by atoms with Gasteiger partial charge < -0.3 is 5.11 Å². The lowest BCUT2D eigenvalue weighted by Gasteiger charge is -2.01. The molecule has 14 heavy (non-hydrogen) atoms. The van der Waals surface area contributed by atoms with E-state index >= 15 is 0 Å². The molecule has 3 heteroatoms. The number of carboxylic acids is 1. The normalized spacial score (nSPS) is 9.36. The smallest absolute Gasteiger partial charge is 0.303 e. The van der Waals surface area contributed by atoms with Crippen LogP contribution in [0.1, 0.15) is 24.0 Å². The highest BCUT2D eigenvalue weighted by Gasteiger charge is 2.02. The molecule has 0 spiro atoms. The zero-order chi connectivity index (χ0) is 10.4. The minimum absolute atomic E-state index is 0.153. The van der Waals surface area contributed by atoms with E-state index in [1.165, 1.54) is 0 Å². The number of aryl methyl sites for hydroxylation is 1. The molecule has 1 rings (SSSR count). The van der Waals surface area contributed by atoms with Gasteiger partial charge in [0.25, 0.3) is 0 Å². The maximum Gasteiger partial charge on any atom is 0.303 e. The summed E-state index contributed by atoms with van der Waals surface area (Å²) in [5.74, 6) is -0.792. The van der Waals surface area contributed by atoms with Gasteiger partial charge in [0.15, 0.2) is 0 Å². The Hall–Kier alpha value is -1.82. The lowest BCUT2D eigenvalue weighted by molar-refractivity contribution is -0.137. The zero-order valence-corrected chi connectivity index (χ0v) is 7.73. The fourth-order valence-electron chi connectivity index (χ4n) is 1.28. The van der Waals surface area contributed by atoms with Crippen molar-refractivity contribution < 1.29 is 9.90 Å². The average Bonchev–Trinajstić information content (AvgIpc) is 2.18. The molecule has 1 aromatic rings. The number of hydrogen-bond acceptors (Lipinski definition) is 2. The van der Waals surface area contributed by atoms with E-state index in [9.17, 15) is 4.79 Å². The number of nitriles is 1. The number of hydrogen-bond donors (Lipinski definition) is 1. The van der Waals surface area contributed by atoms with E-state index in [2.05, 4.69) is 6.07 Å².